The second-order valence-corrected chi connectivity index (χ2v) is 11.9. The van der Waals surface area contributed by atoms with Crippen molar-refractivity contribution in [1.29, 1.82) is 0 Å². The minimum atomic E-state index is -4.65. The molecule has 0 saturated heterocycles. The Labute approximate surface area is 237 Å². The molecular formula is C34H38O5S. The molecule has 0 amide bonds. The third kappa shape index (κ3) is 6.57. The van der Waals surface area contributed by atoms with Gasteiger partial charge in [-0.1, -0.05) is 94.3 Å². The molecule has 4 aromatic rings. The Morgan fingerprint density at radius 2 is 1.20 bits per heavy atom. The Bertz CT molecular complexity index is 1550. The second kappa shape index (κ2) is 12.7. The number of benzene rings is 4. The van der Waals surface area contributed by atoms with Gasteiger partial charge in [-0.3, -0.25) is 4.55 Å². The zero-order valence-corrected chi connectivity index (χ0v) is 24.2. The van der Waals surface area contributed by atoms with Crippen LogP contribution in [0.1, 0.15) is 79.7 Å². The summed E-state index contributed by atoms with van der Waals surface area (Å²) in [5, 5.41) is 22.2. The van der Waals surface area contributed by atoms with E-state index >= 15 is 0 Å². The summed E-state index contributed by atoms with van der Waals surface area (Å²) in [5.74, 6) is -0.0812. The Kier molecular flexibility index (Phi) is 9.33. The van der Waals surface area contributed by atoms with E-state index in [1.165, 1.54) is 11.6 Å². The highest BCUT2D eigenvalue weighted by atomic mass is 32.2. The fourth-order valence-electron chi connectivity index (χ4n) is 5.50. The van der Waals surface area contributed by atoms with E-state index in [2.05, 4.69) is 31.2 Å². The molecule has 4 aromatic carbocycles. The molecule has 2 atom stereocenters. The zero-order chi connectivity index (χ0) is 28.9. The minimum absolute atomic E-state index is 0.125. The molecular weight excluding hydrogens is 520 g/mol. The molecule has 4 rings (SSSR count). The number of aromatic hydroxyl groups is 2. The fourth-order valence-corrected chi connectivity index (χ4v) is 6.15. The van der Waals surface area contributed by atoms with Crippen LogP contribution in [0.25, 0.3) is 11.1 Å². The van der Waals surface area contributed by atoms with Crippen LogP contribution in [0.15, 0.2) is 89.8 Å². The summed E-state index contributed by atoms with van der Waals surface area (Å²) < 4.78 is 34.3. The predicted octanol–water partition coefficient (Wildman–Crippen LogP) is 8.24. The first kappa shape index (κ1) is 29.4. The quantitative estimate of drug-likeness (QED) is 0.161. The molecule has 0 aliphatic heterocycles. The number of phenols is 2. The van der Waals surface area contributed by atoms with Gasteiger partial charge < -0.3 is 10.2 Å². The van der Waals surface area contributed by atoms with E-state index in [1.54, 1.807) is 6.07 Å². The molecule has 5 nitrogen and oxygen atoms in total. The van der Waals surface area contributed by atoms with Gasteiger partial charge in [0.2, 0.25) is 0 Å². The van der Waals surface area contributed by atoms with Gasteiger partial charge in [0.25, 0.3) is 10.1 Å². The van der Waals surface area contributed by atoms with Crippen molar-refractivity contribution in [2.45, 2.75) is 69.6 Å². The van der Waals surface area contributed by atoms with Crippen LogP contribution in [-0.2, 0) is 23.0 Å². The molecule has 40 heavy (non-hydrogen) atoms. The smallest absolute Gasteiger partial charge is 0.298 e. The van der Waals surface area contributed by atoms with Gasteiger partial charge in [-0.2, -0.15) is 8.42 Å². The van der Waals surface area contributed by atoms with Crippen molar-refractivity contribution >= 4 is 10.1 Å². The van der Waals surface area contributed by atoms with Crippen molar-refractivity contribution in [1.82, 2.24) is 0 Å². The Balaban J connectivity index is 1.93. The predicted molar refractivity (Wildman–Crippen MR) is 161 cm³/mol. The maximum absolute atomic E-state index is 12.2. The van der Waals surface area contributed by atoms with E-state index in [9.17, 15) is 23.2 Å². The van der Waals surface area contributed by atoms with Gasteiger partial charge >= 0.3 is 0 Å². The Hall–Kier alpha value is -3.61. The van der Waals surface area contributed by atoms with Gasteiger partial charge in [-0.05, 0) is 82.8 Å². The molecule has 6 heteroatoms. The van der Waals surface area contributed by atoms with Gasteiger partial charge in [-0.25, -0.2) is 0 Å². The van der Waals surface area contributed by atoms with Crippen molar-refractivity contribution in [2.24, 2.45) is 0 Å². The van der Waals surface area contributed by atoms with Gasteiger partial charge in [0.15, 0.2) is 0 Å². The molecule has 0 heterocycles. The van der Waals surface area contributed by atoms with Crippen molar-refractivity contribution in [2.75, 3.05) is 0 Å². The third-order valence-electron chi connectivity index (χ3n) is 7.56. The van der Waals surface area contributed by atoms with E-state index in [0.717, 1.165) is 35.1 Å². The van der Waals surface area contributed by atoms with Gasteiger partial charge in [0.1, 0.15) is 16.4 Å². The normalized spacial score (nSPS) is 13.2. The van der Waals surface area contributed by atoms with Gasteiger partial charge in [0, 0.05) is 11.5 Å². The molecule has 0 aromatic heterocycles. The van der Waals surface area contributed by atoms with E-state index in [1.807, 2.05) is 62.4 Å². The van der Waals surface area contributed by atoms with Crippen molar-refractivity contribution < 1.29 is 23.2 Å². The van der Waals surface area contributed by atoms with Crippen LogP contribution in [0.2, 0.25) is 0 Å². The summed E-state index contributed by atoms with van der Waals surface area (Å²) in [5.41, 5.74) is 5.60. The molecule has 0 saturated carbocycles. The molecule has 0 aliphatic carbocycles. The van der Waals surface area contributed by atoms with Gasteiger partial charge in [-0.15, -0.1) is 0 Å². The topological polar surface area (TPSA) is 94.8 Å². The van der Waals surface area contributed by atoms with Crippen molar-refractivity contribution in [3.05, 3.63) is 113 Å². The van der Waals surface area contributed by atoms with E-state index in [4.69, 9.17) is 0 Å². The number of aryl methyl sites for hydroxylation is 2. The SMILES string of the molecule is CCCc1cc(-c2cc(CCC)c(O)c(S(=O)(=O)O)c2)cc(C(CC(C)c2ccccc2)c2ccccc2)c1O. The van der Waals surface area contributed by atoms with Crippen molar-refractivity contribution in [3.63, 3.8) is 0 Å². The zero-order valence-electron chi connectivity index (χ0n) is 23.3. The summed E-state index contributed by atoms with van der Waals surface area (Å²) in [6.45, 7) is 6.18. The van der Waals surface area contributed by atoms with Crippen LogP contribution in [0, 0.1) is 0 Å². The van der Waals surface area contributed by atoms with E-state index in [-0.39, 0.29) is 17.6 Å². The summed E-state index contributed by atoms with van der Waals surface area (Å²) >= 11 is 0. The average molecular weight is 559 g/mol. The molecule has 0 bridgehead atoms. The first-order chi connectivity index (χ1) is 19.1. The summed E-state index contributed by atoms with van der Waals surface area (Å²) in [6, 6.07) is 27.3. The monoisotopic (exact) mass is 558 g/mol. The Morgan fingerprint density at radius 3 is 1.73 bits per heavy atom. The van der Waals surface area contributed by atoms with Crippen LogP contribution < -0.4 is 0 Å². The molecule has 210 valence electrons. The summed E-state index contributed by atoms with van der Waals surface area (Å²) in [7, 11) is -4.65. The molecule has 0 aliphatic rings. The maximum atomic E-state index is 12.2. The van der Waals surface area contributed by atoms with Crippen LogP contribution >= 0.6 is 0 Å². The van der Waals surface area contributed by atoms with Crippen LogP contribution in [0.5, 0.6) is 11.5 Å². The standard InChI is InChI=1S/C34H38O5S/c1-4-12-26-19-28(29-20-27(13-5-2)34(36)32(22-29)40(37,38)39)21-31(33(26)35)30(25-16-10-7-11-17-25)18-23(3)24-14-8-6-9-15-24/h6-11,14-17,19-23,30,35-36H,4-5,12-13,18H2,1-3H3,(H,37,38,39). The van der Waals surface area contributed by atoms with Crippen LogP contribution in [0.4, 0.5) is 0 Å². The lowest BCUT2D eigenvalue weighted by atomic mass is 9.79. The number of hydrogen-bond acceptors (Lipinski definition) is 4. The van der Waals surface area contributed by atoms with E-state index in [0.29, 0.717) is 30.4 Å². The average Bonchev–Trinajstić information content (AvgIpc) is 2.94. The minimum Gasteiger partial charge on any atom is -0.507 e. The lowest BCUT2D eigenvalue weighted by molar-refractivity contribution is 0.437. The Morgan fingerprint density at radius 1 is 0.700 bits per heavy atom. The largest absolute Gasteiger partial charge is 0.507 e. The lowest BCUT2D eigenvalue weighted by Crippen LogP contribution is -2.08. The maximum Gasteiger partial charge on any atom is 0.298 e. The molecule has 0 radical (unpaired) electrons. The summed E-state index contributed by atoms with van der Waals surface area (Å²) in [4.78, 5) is -0.502. The van der Waals surface area contributed by atoms with E-state index < -0.39 is 20.8 Å². The summed E-state index contributed by atoms with van der Waals surface area (Å²) in [6.07, 6.45) is 3.37. The first-order valence-electron chi connectivity index (χ1n) is 13.9. The first-order valence-corrected chi connectivity index (χ1v) is 15.4. The molecule has 2 unspecified atom stereocenters. The van der Waals surface area contributed by atoms with Crippen molar-refractivity contribution in [3.8, 4) is 22.6 Å². The molecule has 3 N–H and O–H groups in total. The molecule has 0 fully saturated rings. The number of rotatable bonds is 11. The fraction of sp³-hybridized carbons (Fsp3) is 0.294. The third-order valence-corrected chi connectivity index (χ3v) is 8.42. The van der Waals surface area contributed by atoms with Crippen LogP contribution in [-0.4, -0.2) is 23.2 Å². The highest BCUT2D eigenvalue weighted by Gasteiger charge is 2.25. The van der Waals surface area contributed by atoms with Gasteiger partial charge in [0.05, 0.1) is 0 Å². The number of hydrogen-bond donors (Lipinski definition) is 3. The van der Waals surface area contributed by atoms with Crippen LogP contribution in [0.3, 0.4) is 0 Å². The number of phenolic OH excluding ortho intramolecular Hbond substituents is 2. The second-order valence-electron chi connectivity index (χ2n) is 10.5. The molecule has 0 spiro atoms. The highest BCUT2D eigenvalue weighted by Crippen LogP contribution is 2.43. The highest BCUT2D eigenvalue weighted by molar-refractivity contribution is 7.86. The lowest BCUT2D eigenvalue weighted by Gasteiger charge is -2.25.